The van der Waals surface area contributed by atoms with E-state index in [0.717, 1.165) is 32.1 Å². The van der Waals surface area contributed by atoms with Gasteiger partial charge in [-0.05, 0) is 67.9 Å². The Morgan fingerprint density at radius 1 is 1.09 bits per heavy atom. The Kier molecular flexibility index (Phi) is 6.78. The first-order valence-corrected chi connectivity index (χ1v) is 8.88. The van der Waals surface area contributed by atoms with Crippen LogP contribution in [0.4, 0.5) is 4.39 Å². The highest BCUT2D eigenvalue weighted by atomic mass is 32.1. The van der Waals surface area contributed by atoms with Gasteiger partial charge < -0.3 is 5.11 Å². The number of carbonyl (C=O) groups is 1. The molecule has 0 amide bonds. The number of aliphatic carboxylic acids is 1. The van der Waals surface area contributed by atoms with E-state index in [4.69, 9.17) is 5.11 Å². The van der Waals surface area contributed by atoms with Crippen LogP contribution >= 0.6 is 11.3 Å². The molecular weight excluding hydrogens is 311 g/mol. The molecule has 0 fully saturated rings. The number of benzene rings is 1. The number of thiophene rings is 1. The standard InChI is InChI=1S/C19H23FO2S/c1-14(13-19(21)22)5-10-18-12-11-17(23-18)4-2-3-15-6-8-16(20)9-7-15/h6-9,11-12,14H,2-5,10,13H2,1H3,(H,21,22). The molecule has 124 valence electrons. The second kappa shape index (κ2) is 8.82. The Morgan fingerprint density at radius 2 is 1.74 bits per heavy atom. The Bertz CT molecular complexity index is 619. The zero-order chi connectivity index (χ0) is 16.7. The van der Waals surface area contributed by atoms with E-state index < -0.39 is 5.97 Å². The fourth-order valence-corrected chi connectivity index (χ4v) is 3.67. The number of carboxylic acids is 1. The van der Waals surface area contributed by atoms with Gasteiger partial charge >= 0.3 is 5.97 Å². The zero-order valence-corrected chi connectivity index (χ0v) is 14.2. The van der Waals surface area contributed by atoms with Gasteiger partial charge in [0.1, 0.15) is 5.82 Å². The van der Waals surface area contributed by atoms with Gasteiger partial charge in [0, 0.05) is 16.2 Å². The second-order valence-electron chi connectivity index (χ2n) is 6.09. The molecule has 0 aliphatic heterocycles. The lowest BCUT2D eigenvalue weighted by atomic mass is 10.0. The molecule has 2 aromatic rings. The Morgan fingerprint density at radius 3 is 2.39 bits per heavy atom. The van der Waals surface area contributed by atoms with Gasteiger partial charge in [0.2, 0.25) is 0 Å². The van der Waals surface area contributed by atoms with E-state index >= 15 is 0 Å². The number of rotatable bonds is 9. The van der Waals surface area contributed by atoms with Gasteiger partial charge in [-0.2, -0.15) is 0 Å². The van der Waals surface area contributed by atoms with Crippen LogP contribution in [0.5, 0.6) is 0 Å². The summed E-state index contributed by atoms with van der Waals surface area (Å²) in [6, 6.07) is 11.0. The Balaban J connectivity index is 1.72. The van der Waals surface area contributed by atoms with Crippen molar-refractivity contribution in [3.05, 3.63) is 57.5 Å². The molecule has 2 rings (SSSR count). The zero-order valence-electron chi connectivity index (χ0n) is 13.4. The molecule has 0 spiro atoms. The summed E-state index contributed by atoms with van der Waals surface area (Å²) < 4.78 is 12.8. The number of hydrogen-bond donors (Lipinski definition) is 1. The molecule has 0 aliphatic rings. The topological polar surface area (TPSA) is 37.3 Å². The molecule has 0 radical (unpaired) electrons. The van der Waals surface area contributed by atoms with Crippen molar-refractivity contribution in [2.24, 2.45) is 5.92 Å². The fourth-order valence-electron chi connectivity index (χ4n) is 2.60. The summed E-state index contributed by atoms with van der Waals surface area (Å²) >= 11 is 1.82. The molecule has 1 aromatic heterocycles. The van der Waals surface area contributed by atoms with Gasteiger partial charge in [-0.25, -0.2) is 4.39 Å². The van der Waals surface area contributed by atoms with Crippen LogP contribution in [0.15, 0.2) is 36.4 Å². The number of hydrogen-bond acceptors (Lipinski definition) is 2. The number of carboxylic acid groups (broad SMARTS) is 1. The lowest BCUT2D eigenvalue weighted by Gasteiger charge is -2.06. The first-order chi connectivity index (χ1) is 11.0. The molecule has 0 aliphatic carbocycles. The third-order valence-corrected chi connectivity index (χ3v) is 5.13. The van der Waals surface area contributed by atoms with E-state index in [-0.39, 0.29) is 18.2 Å². The molecule has 2 nitrogen and oxygen atoms in total. The highest BCUT2D eigenvalue weighted by Crippen LogP contribution is 2.22. The van der Waals surface area contributed by atoms with Crippen LogP contribution in [0, 0.1) is 11.7 Å². The summed E-state index contributed by atoms with van der Waals surface area (Å²) in [6.45, 7) is 1.99. The van der Waals surface area contributed by atoms with Crippen molar-refractivity contribution in [1.82, 2.24) is 0 Å². The van der Waals surface area contributed by atoms with Crippen LogP contribution in [0.1, 0.15) is 41.5 Å². The van der Waals surface area contributed by atoms with Gasteiger partial charge in [0.25, 0.3) is 0 Å². The summed E-state index contributed by atoms with van der Waals surface area (Å²) in [7, 11) is 0. The molecule has 1 aromatic carbocycles. The summed E-state index contributed by atoms with van der Waals surface area (Å²) in [5.74, 6) is -0.685. The van der Waals surface area contributed by atoms with Crippen molar-refractivity contribution >= 4 is 17.3 Å². The molecule has 1 N–H and O–H groups in total. The summed E-state index contributed by atoms with van der Waals surface area (Å²) in [5, 5.41) is 8.77. The van der Waals surface area contributed by atoms with E-state index in [2.05, 4.69) is 12.1 Å². The molecular formula is C19H23FO2S. The third kappa shape index (κ3) is 6.53. The summed E-state index contributed by atoms with van der Waals surface area (Å²) in [5.41, 5.74) is 1.17. The Hall–Kier alpha value is -1.68. The van der Waals surface area contributed by atoms with E-state index in [9.17, 15) is 9.18 Å². The predicted molar refractivity (Wildman–Crippen MR) is 92.5 cm³/mol. The summed E-state index contributed by atoms with van der Waals surface area (Å²) in [6.07, 6.45) is 5.17. The maximum Gasteiger partial charge on any atom is 0.303 e. The van der Waals surface area contributed by atoms with Gasteiger partial charge in [0.05, 0.1) is 0 Å². The molecule has 0 bridgehead atoms. The molecule has 23 heavy (non-hydrogen) atoms. The van der Waals surface area contributed by atoms with Crippen LogP contribution in [0.3, 0.4) is 0 Å². The molecule has 4 heteroatoms. The van der Waals surface area contributed by atoms with Gasteiger partial charge in [-0.3, -0.25) is 4.79 Å². The van der Waals surface area contributed by atoms with Gasteiger partial charge in [-0.15, -0.1) is 11.3 Å². The number of aryl methyl sites for hydroxylation is 3. The molecule has 1 unspecified atom stereocenters. The van der Waals surface area contributed by atoms with Crippen molar-refractivity contribution in [3.63, 3.8) is 0 Å². The first kappa shape index (κ1) is 17.7. The van der Waals surface area contributed by atoms with Crippen molar-refractivity contribution in [3.8, 4) is 0 Å². The minimum atomic E-state index is -0.717. The quantitative estimate of drug-likeness (QED) is 0.692. The minimum Gasteiger partial charge on any atom is -0.481 e. The first-order valence-electron chi connectivity index (χ1n) is 8.07. The monoisotopic (exact) mass is 334 g/mol. The lowest BCUT2D eigenvalue weighted by molar-refractivity contribution is -0.138. The minimum absolute atomic E-state index is 0.186. The smallest absolute Gasteiger partial charge is 0.303 e. The van der Waals surface area contributed by atoms with Crippen LogP contribution in [0.25, 0.3) is 0 Å². The predicted octanol–water partition coefficient (Wildman–Crippen LogP) is 5.11. The van der Waals surface area contributed by atoms with Crippen LogP contribution < -0.4 is 0 Å². The van der Waals surface area contributed by atoms with Gasteiger partial charge in [0.15, 0.2) is 0 Å². The van der Waals surface area contributed by atoms with E-state index in [1.165, 1.54) is 27.5 Å². The maximum atomic E-state index is 12.8. The summed E-state index contributed by atoms with van der Waals surface area (Å²) in [4.78, 5) is 13.4. The van der Waals surface area contributed by atoms with Gasteiger partial charge in [-0.1, -0.05) is 19.1 Å². The largest absolute Gasteiger partial charge is 0.481 e. The van der Waals surface area contributed by atoms with E-state index in [1.54, 1.807) is 0 Å². The highest BCUT2D eigenvalue weighted by Gasteiger charge is 2.09. The molecule has 0 saturated heterocycles. The van der Waals surface area contributed by atoms with Crippen molar-refractivity contribution in [2.45, 2.75) is 45.4 Å². The fraction of sp³-hybridized carbons (Fsp3) is 0.421. The van der Waals surface area contributed by atoms with Crippen molar-refractivity contribution in [1.29, 1.82) is 0 Å². The molecule has 1 atom stereocenters. The average molecular weight is 334 g/mol. The van der Waals surface area contributed by atoms with Crippen molar-refractivity contribution in [2.75, 3.05) is 0 Å². The third-order valence-electron chi connectivity index (χ3n) is 3.93. The van der Waals surface area contributed by atoms with Crippen LogP contribution in [-0.2, 0) is 24.1 Å². The van der Waals surface area contributed by atoms with Crippen molar-refractivity contribution < 1.29 is 14.3 Å². The average Bonchev–Trinajstić information content (AvgIpc) is 2.94. The SMILES string of the molecule is CC(CCc1ccc(CCCc2ccc(F)cc2)s1)CC(=O)O. The second-order valence-corrected chi connectivity index (χ2v) is 7.34. The molecule has 1 heterocycles. The van der Waals surface area contributed by atoms with Crippen LogP contribution in [0.2, 0.25) is 0 Å². The number of halogens is 1. The lowest BCUT2D eigenvalue weighted by Crippen LogP contribution is -2.04. The highest BCUT2D eigenvalue weighted by molar-refractivity contribution is 7.11. The maximum absolute atomic E-state index is 12.8. The van der Waals surface area contributed by atoms with Crippen LogP contribution in [-0.4, -0.2) is 11.1 Å². The molecule has 0 saturated carbocycles. The van der Waals surface area contributed by atoms with E-state index in [1.807, 2.05) is 30.4 Å². The Labute approximate surface area is 141 Å². The normalized spacial score (nSPS) is 12.3. The van der Waals surface area contributed by atoms with E-state index in [0.29, 0.717) is 0 Å².